The van der Waals surface area contributed by atoms with Crippen molar-refractivity contribution in [2.75, 3.05) is 5.32 Å². The van der Waals surface area contributed by atoms with Crippen LogP contribution in [0.3, 0.4) is 0 Å². The first-order valence-corrected chi connectivity index (χ1v) is 10.6. The normalized spacial score (nSPS) is 18.3. The molecule has 0 spiro atoms. The maximum Gasteiger partial charge on any atom is 0.408 e. The number of thiophene rings is 1. The summed E-state index contributed by atoms with van der Waals surface area (Å²) in [5, 5.41) is 8.32. The molecule has 1 aliphatic rings. The lowest BCUT2D eigenvalue weighted by Crippen LogP contribution is -2.46. The fraction of sp³-hybridized carbons (Fsp3) is 0.429. The SMILES string of the molecule is CCC1Oc2ccc(C(C)(NC(=O)OC(C)(C)C)c3cccs3)cc2NC1=S. The van der Waals surface area contributed by atoms with Crippen LogP contribution in [0, 0.1) is 0 Å². The lowest BCUT2D eigenvalue weighted by Gasteiger charge is -2.34. The third-order valence-electron chi connectivity index (χ3n) is 4.51. The molecule has 7 heteroatoms. The third-order valence-corrected chi connectivity index (χ3v) is 5.97. The summed E-state index contributed by atoms with van der Waals surface area (Å²) in [4.78, 5) is 14.3. The predicted octanol–water partition coefficient (Wildman–Crippen LogP) is 5.45. The Hall–Kier alpha value is -2.12. The molecule has 2 unspecified atom stereocenters. The molecule has 3 rings (SSSR count). The van der Waals surface area contributed by atoms with Crippen molar-refractivity contribution in [2.24, 2.45) is 0 Å². The van der Waals surface area contributed by atoms with Crippen LogP contribution < -0.4 is 15.4 Å². The molecule has 0 saturated heterocycles. The van der Waals surface area contributed by atoms with E-state index in [1.807, 2.05) is 70.3 Å². The van der Waals surface area contributed by atoms with E-state index in [1.54, 1.807) is 11.3 Å². The summed E-state index contributed by atoms with van der Waals surface area (Å²) in [5.41, 5.74) is 0.387. The largest absolute Gasteiger partial charge is 0.481 e. The van der Waals surface area contributed by atoms with E-state index in [2.05, 4.69) is 10.6 Å². The standard InChI is InChI=1S/C21H26N2O3S2/c1-6-15-18(27)22-14-12-13(9-10-16(14)25-15)21(5,17-8-7-11-28-17)23-19(24)26-20(2,3)4/h7-12,15H,6H2,1-5H3,(H,22,27)(H,23,24). The van der Waals surface area contributed by atoms with Crippen molar-refractivity contribution < 1.29 is 14.3 Å². The highest BCUT2D eigenvalue weighted by molar-refractivity contribution is 7.80. The minimum Gasteiger partial charge on any atom is -0.481 e. The second-order valence-corrected chi connectivity index (χ2v) is 9.33. The van der Waals surface area contributed by atoms with Gasteiger partial charge in [-0.1, -0.05) is 31.3 Å². The maximum atomic E-state index is 12.6. The number of carbonyl (C=O) groups is 1. The van der Waals surface area contributed by atoms with Gasteiger partial charge in [-0.2, -0.15) is 0 Å². The van der Waals surface area contributed by atoms with Gasteiger partial charge in [0.2, 0.25) is 0 Å². The van der Waals surface area contributed by atoms with Gasteiger partial charge in [0.1, 0.15) is 28.0 Å². The molecule has 0 saturated carbocycles. The van der Waals surface area contributed by atoms with E-state index < -0.39 is 17.2 Å². The van der Waals surface area contributed by atoms with E-state index in [0.29, 0.717) is 4.99 Å². The number of rotatable bonds is 4. The van der Waals surface area contributed by atoms with Crippen LogP contribution >= 0.6 is 23.6 Å². The molecule has 1 aromatic carbocycles. The van der Waals surface area contributed by atoms with Crippen molar-refractivity contribution >= 4 is 40.3 Å². The molecule has 1 amide bonds. The molecule has 2 heterocycles. The molecule has 2 N–H and O–H groups in total. The number of hydrogen-bond donors (Lipinski definition) is 2. The van der Waals surface area contributed by atoms with E-state index in [9.17, 15) is 4.79 Å². The van der Waals surface area contributed by atoms with Crippen molar-refractivity contribution in [3.05, 3.63) is 46.2 Å². The van der Waals surface area contributed by atoms with Gasteiger partial charge >= 0.3 is 6.09 Å². The zero-order chi connectivity index (χ0) is 20.5. The summed E-state index contributed by atoms with van der Waals surface area (Å²) in [7, 11) is 0. The quantitative estimate of drug-likeness (QED) is 0.647. The van der Waals surface area contributed by atoms with Crippen molar-refractivity contribution in [1.29, 1.82) is 0 Å². The molecule has 0 aliphatic carbocycles. The zero-order valence-electron chi connectivity index (χ0n) is 16.8. The smallest absolute Gasteiger partial charge is 0.408 e. The van der Waals surface area contributed by atoms with Crippen molar-refractivity contribution in [2.45, 2.75) is 58.3 Å². The molecule has 1 aliphatic heterocycles. The summed E-state index contributed by atoms with van der Waals surface area (Å²) in [6.07, 6.45) is 0.226. The highest BCUT2D eigenvalue weighted by Crippen LogP contribution is 2.38. The van der Waals surface area contributed by atoms with Crippen LogP contribution in [0.1, 0.15) is 51.5 Å². The molecule has 0 radical (unpaired) electrons. The summed E-state index contributed by atoms with van der Waals surface area (Å²) < 4.78 is 11.5. The van der Waals surface area contributed by atoms with Crippen LogP contribution in [0.25, 0.3) is 0 Å². The van der Waals surface area contributed by atoms with Gasteiger partial charge in [0.05, 0.1) is 5.69 Å². The Balaban J connectivity index is 1.97. The second kappa shape index (κ2) is 7.72. The third kappa shape index (κ3) is 4.31. The Labute approximate surface area is 175 Å². The van der Waals surface area contributed by atoms with Crippen LogP contribution in [-0.2, 0) is 10.3 Å². The van der Waals surface area contributed by atoms with Crippen LogP contribution in [0.5, 0.6) is 5.75 Å². The Morgan fingerprint density at radius 1 is 1.32 bits per heavy atom. The lowest BCUT2D eigenvalue weighted by molar-refractivity contribution is 0.0481. The van der Waals surface area contributed by atoms with Crippen molar-refractivity contribution in [3.63, 3.8) is 0 Å². The number of hydrogen-bond acceptors (Lipinski definition) is 5. The van der Waals surface area contributed by atoms with Gasteiger partial charge in [0.15, 0.2) is 0 Å². The first-order valence-electron chi connectivity index (χ1n) is 9.29. The van der Waals surface area contributed by atoms with Crippen molar-refractivity contribution in [3.8, 4) is 5.75 Å². The van der Waals surface area contributed by atoms with Crippen LogP contribution in [-0.4, -0.2) is 22.8 Å². The molecular formula is C21H26N2O3S2. The number of carbonyl (C=O) groups excluding carboxylic acids is 1. The van der Waals surface area contributed by atoms with Gasteiger partial charge in [0, 0.05) is 4.88 Å². The Kier molecular flexibility index (Phi) is 5.68. The monoisotopic (exact) mass is 418 g/mol. The predicted molar refractivity (Wildman–Crippen MR) is 118 cm³/mol. The van der Waals surface area contributed by atoms with Gasteiger partial charge in [-0.15, -0.1) is 11.3 Å². The van der Waals surface area contributed by atoms with Gasteiger partial charge in [0.25, 0.3) is 0 Å². The number of ether oxygens (including phenoxy) is 2. The minimum atomic E-state index is -0.754. The topological polar surface area (TPSA) is 59.6 Å². The highest BCUT2D eigenvalue weighted by Gasteiger charge is 2.35. The van der Waals surface area contributed by atoms with E-state index in [1.165, 1.54) is 0 Å². The van der Waals surface area contributed by atoms with E-state index >= 15 is 0 Å². The average Bonchev–Trinajstić information content (AvgIpc) is 3.14. The fourth-order valence-electron chi connectivity index (χ4n) is 3.08. The van der Waals surface area contributed by atoms with Crippen LogP contribution in [0.4, 0.5) is 10.5 Å². The molecule has 0 bridgehead atoms. The van der Waals surface area contributed by atoms with Gasteiger partial charge < -0.3 is 20.1 Å². The molecule has 28 heavy (non-hydrogen) atoms. The Morgan fingerprint density at radius 2 is 2.07 bits per heavy atom. The highest BCUT2D eigenvalue weighted by atomic mass is 32.1. The lowest BCUT2D eigenvalue weighted by atomic mass is 9.89. The number of fused-ring (bicyclic) bond motifs is 1. The van der Waals surface area contributed by atoms with E-state index in [0.717, 1.165) is 28.3 Å². The van der Waals surface area contributed by atoms with Gasteiger partial charge in [-0.25, -0.2) is 4.79 Å². The van der Waals surface area contributed by atoms with Crippen LogP contribution in [0.15, 0.2) is 35.7 Å². The van der Waals surface area contributed by atoms with Crippen molar-refractivity contribution in [1.82, 2.24) is 5.32 Å². The molecule has 2 atom stereocenters. The summed E-state index contributed by atoms with van der Waals surface area (Å²) in [5.74, 6) is 0.759. The molecule has 150 valence electrons. The Bertz CT molecular complexity index is 874. The number of anilines is 1. The second-order valence-electron chi connectivity index (χ2n) is 7.94. The van der Waals surface area contributed by atoms with Gasteiger partial charge in [-0.3, -0.25) is 0 Å². The molecule has 1 aromatic heterocycles. The fourth-order valence-corrected chi connectivity index (χ4v) is 4.27. The molecule has 0 fully saturated rings. The Morgan fingerprint density at radius 3 is 2.68 bits per heavy atom. The van der Waals surface area contributed by atoms with Gasteiger partial charge in [-0.05, 0) is 63.3 Å². The minimum absolute atomic E-state index is 0.114. The first-order chi connectivity index (χ1) is 13.1. The maximum absolute atomic E-state index is 12.6. The van der Waals surface area contributed by atoms with E-state index in [-0.39, 0.29) is 6.10 Å². The number of thiocarbonyl (C=S) groups is 1. The zero-order valence-corrected chi connectivity index (χ0v) is 18.4. The number of alkyl carbamates (subject to hydrolysis) is 1. The molecule has 5 nitrogen and oxygen atoms in total. The number of nitrogens with one attached hydrogen (secondary N) is 2. The van der Waals surface area contributed by atoms with Crippen LogP contribution in [0.2, 0.25) is 0 Å². The molecule has 2 aromatic rings. The summed E-state index contributed by atoms with van der Waals surface area (Å²) >= 11 is 7.00. The molecular weight excluding hydrogens is 392 g/mol. The summed E-state index contributed by atoms with van der Waals surface area (Å²) in [6, 6.07) is 9.84. The number of amides is 1. The number of benzene rings is 1. The first kappa shape index (κ1) is 20.6. The summed E-state index contributed by atoms with van der Waals surface area (Å²) in [6.45, 7) is 9.55. The average molecular weight is 419 g/mol. The van der Waals surface area contributed by atoms with E-state index in [4.69, 9.17) is 21.7 Å².